The number of rotatable bonds is 4. The van der Waals surface area contributed by atoms with Crippen molar-refractivity contribution < 1.29 is 9.53 Å². The van der Waals surface area contributed by atoms with Crippen LogP contribution in [0.3, 0.4) is 0 Å². The Hall–Kier alpha value is -1.35. The van der Waals surface area contributed by atoms with Gasteiger partial charge < -0.3 is 10.5 Å². The Labute approximate surface area is 95.6 Å². The van der Waals surface area contributed by atoms with E-state index in [9.17, 15) is 4.79 Å². The van der Waals surface area contributed by atoms with E-state index in [1.165, 1.54) is 0 Å². The SMILES string of the molecule is NC(=O)C1CCC[C@H]1OCc1ccccc1. The standard InChI is InChI=1S/C13H17NO2/c14-13(15)11-7-4-8-12(11)16-9-10-5-2-1-3-6-10/h1-3,5-6,11-12H,4,7-9H2,(H2,14,15)/t11?,12-/m1/s1. The van der Waals surface area contributed by atoms with E-state index >= 15 is 0 Å². The first kappa shape index (κ1) is 11.1. The van der Waals surface area contributed by atoms with Crippen LogP contribution in [0.5, 0.6) is 0 Å². The van der Waals surface area contributed by atoms with E-state index in [-0.39, 0.29) is 17.9 Å². The molecule has 0 aromatic heterocycles. The average Bonchev–Trinajstić information content (AvgIpc) is 2.76. The fraction of sp³-hybridized carbons (Fsp3) is 0.462. The predicted molar refractivity (Wildman–Crippen MR) is 61.6 cm³/mol. The van der Waals surface area contributed by atoms with Gasteiger partial charge >= 0.3 is 0 Å². The molecule has 2 atom stereocenters. The van der Waals surface area contributed by atoms with Crippen molar-refractivity contribution in [2.24, 2.45) is 11.7 Å². The van der Waals surface area contributed by atoms with Crippen LogP contribution in [-0.2, 0) is 16.1 Å². The number of nitrogens with two attached hydrogens (primary N) is 1. The molecule has 3 heteroatoms. The Bertz CT molecular complexity index is 350. The molecule has 16 heavy (non-hydrogen) atoms. The quantitative estimate of drug-likeness (QED) is 0.840. The zero-order valence-electron chi connectivity index (χ0n) is 9.26. The monoisotopic (exact) mass is 219 g/mol. The normalized spacial score (nSPS) is 24.5. The Morgan fingerprint density at radius 3 is 2.75 bits per heavy atom. The van der Waals surface area contributed by atoms with Crippen molar-refractivity contribution in [3.63, 3.8) is 0 Å². The number of primary amides is 1. The molecular weight excluding hydrogens is 202 g/mol. The third-order valence-corrected chi connectivity index (χ3v) is 3.12. The number of carbonyl (C=O) groups is 1. The molecule has 3 nitrogen and oxygen atoms in total. The second kappa shape index (κ2) is 5.12. The number of benzene rings is 1. The first-order chi connectivity index (χ1) is 7.77. The Kier molecular flexibility index (Phi) is 3.57. The second-order valence-corrected chi connectivity index (χ2v) is 4.27. The minimum absolute atomic E-state index is 0.0118. The summed E-state index contributed by atoms with van der Waals surface area (Å²) in [7, 11) is 0. The molecule has 0 radical (unpaired) electrons. The fourth-order valence-electron chi connectivity index (χ4n) is 2.23. The molecular formula is C13H17NO2. The topological polar surface area (TPSA) is 52.3 Å². The molecule has 2 N–H and O–H groups in total. The highest BCUT2D eigenvalue weighted by molar-refractivity contribution is 5.77. The van der Waals surface area contributed by atoms with Gasteiger partial charge in [-0.15, -0.1) is 0 Å². The maximum absolute atomic E-state index is 11.2. The summed E-state index contributed by atoms with van der Waals surface area (Å²) in [4.78, 5) is 11.2. The summed E-state index contributed by atoms with van der Waals surface area (Å²) in [6.07, 6.45) is 2.86. The summed E-state index contributed by atoms with van der Waals surface area (Å²) in [5.41, 5.74) is 6.47. The summed E-state index contributed by atoms with van der Waals surface area (Å²) in [5, 5.41) is 0. The van der Waals surface area contributed by atoms with Gasteiger partial charge in [-0.2, -0.15) is 0 Å². The molecule has 0 heterocycles. The molecule has 0 bridgehead atoms. The van der Waals surface area contributed by atoms with Gasteiger partial charge in [0.15, 0.2) is 0 Å². The van der Waals surface area contributed by atoms with Crippen molar-refractivity contribution in [3.8, 4) is 0 Å². The Morgan fingerprint density at radius 2 is 2.06 bits per heavy atom. The number of carbonyl (C=O) groups excluding carboxylic acids is 1. The molecule has 0 aliphatic heterocycles. The second-order valence-electron chi connectivity index (χ2n) is 4.27. The lowest BCUT2D eigenvalue weighted by atomic mass is 10.1. The lowest BCUT2D eigenvalue weighted by Gasteiger charge is -2.17. The van der Waals surface area contributed by atoms with Crippen molar-refractivity contribution in [3.05, 3.63) is 35.9 Å². The highest BCUT2D eigenvalue weighted by Crippen LogP contribution is 2.28. The van der Waals surface area contributed by atoms with Crippen LogP contribution >= 0.6 is 0 Å². The van der Waals surface area contributed by atoms with E-state index in [1.54, 1.807) is 0 Å². The largest absolute Gasteiger partial charge is 0.373 e. The molecule has 1 fully saturated rings. The maximum Gasteiger partial charge on any atom is 0.223 e. The number of ether oxygens (including phenoxy) is 1. The lowest BCUT2D eigenvalue weighted by molar-refractivity contribution is -0.126. The van der Waals surface area contributed by atoms with E-state index in [0.29, 0.717) is 6.61 Å². The van der Waals surface area contributed by atoms with E-state index in [2.05, 4.69) is 0 Å². The van der Waals surface area contributed by atoms with E-state index in [1.807, 2.05) is 30.3 Å². The minimum Gasteiger partial charge on any atom is -0.373 e. The van der Waals surface area contributed by atoms with Gasteiger partial charge in [0.25, 0.3) is 0 Å². The molecule has 0 saturated heterocycles. The maximum atomic E-state index is 11.2. The van der Waals surface area contributed by atoms with Crippen LogP contribution in [0.4, 0.5) is 0 Å². The minimum atomic E-state index is -0.226. The van der Waals surface area contributed by atoms with Crippen molar-refractivity contribution in [1.82, 2.24) is 0 Å². The summed E-state index contributed by atoms with van der Waals surface area (Å²) >= 11 is 0. The molecule has 1 amide bonds. The first-order valence-corrected chi connectivity index (χ1v) is 5.72. The summed E-state index contributed by atoms with van der Waals surface area (Å²) in [6.45, 7) is 0.565. The van der Waals surface area contributed by atoms with Crippen LogP contribution in [-0.4, -0.2) is 12.0 Å². The number of amides is 1. The summed E-state index contributed by atoms with van der Waals surface area (Å²) < 4.78 is 5.76. The van der Waals surface area contributed by atoms with Crippen molar-refractivity contribution in [2.75, 3.05) is 0 Å². The third kappa shape index (κ3) is 2.61. The van der Waals surface area contributed by atoms with Gasteiger partial charge in [-0.3, -0.25) is 4.79 Å². The molecule has 1 aromatic carbocycles. The molecule has 2 rings (SSSR count). The fourth-order valence-corrected chi connectivity index (χ4v) is 2.23. The molecule has 1 unspecified atom stereocenters. The zero-order chi connectivity index (χ0) is 11.4. The van der Waals surface area contributed by atoms with Gasteiger partial charge in [-0.25, -0.2) is 0 Å². The van der Waals surface area contributed by atoms with Crippen molar-refractivity contribution in [1.29, 1.82) is 0 Å². The van der Waals surface area contributed by atoms with Crippen molar-refractivity contribution in [2.45, 2.75) is 32.0 Å². The van der Waals surface area contributed by atoms with Crippen LogP contribution in [0.2, 0.25) is 0 Å². The average molecular weight is 219 g/mol. The predicted octanol–water partition coefficient (Wildman–Crippen LogP) is 1.86. The van der Waals surface area contributed by atoms with E-state index in [4.69, 9.17) is 10.5 Å². The zero-order valence-corrected chi connectivity index (χ0v) is 9.26. The molecule has 1 aliphatic carbocycles. The van der Waals surface area contributed by atoms with Gasteiger partial charge in [-0.1, -0.05) is 30.3 Å². The van der Waals surface area contributed by atoms with E-state index in [0.717, 1.165) is 24.8 Å². The van der Waals surface area contributed by atoms with Crippen LogP contribution in [0.25, 0.3) is 0 Å². The smallest absolute Gasteiger partial charge is 0.223 e. The Balaban J connectivity index is 1.88. The summed E-state index contributed by atoms with van der Waals surface area (Å²) in [5.74, 6) is -0.320. The summed E-state index contributed by atoms with van der Waals surface area (Å²) in [6, 6.07) is 9.99. The molecule has 1 saturated carbocycles. The van der Waals surface area contributed by atoms with E-state index < -0.39 is 0 Å². The molecule has 1 aromatic rings. The van der Waals surface area contributed by atoms with Crippen molar-refractivity contribution >= 4 is 5.91 Å². The Morgan fingerprint density at radius 1 is 1.31 bits per heavy atom. The third-order valence-electron chi connectivity index (χ3n) is 3.12. The highest BCUT2D eigenvalue weighted by Gasteiger charge is 2.32. The molecule has 86 valence electrons. The van der Waals surface area contributed by atoms with Gasteiger partial charge in [0.05, 0.1) is 18.6 Å². The van der Waals surface area contributed by atoms with Gasteiger partial charge in [-0.05, 0) is 24.8 Å². The van der Waals surface area contributed by atoms with Gasteiger partial charge in [0, 0.05) is 0 Å². The highest BCUT2D eigenvalue weighted by atomic mass is 16.5. The van der Waals surface area contributed by atoms with Crippen LogP contribution in [0, 0.1) is 5.92 Å². The lowest BCUT2D eigenvalue weighted by Crippen LogP contribution is -2.31. The van der Waals surface area contributed by atoms with Crippen LogP contribution in [0.15, 0.2) is 30.3 Å². The van der Waals surface area contributed by atoms with Crippen LogP contribution < -0.4 is 5.73 Å². The number of hydrogen-bond acceptors (Lipinski definition) is 2. The molecule has 0 spiro atoms. The van der Waals surface area contributed by atoms with Gasteiger partial charge in [0.1, 0.15) is 0 Å². The number of hydrogen-bond donors (Lipinski definition) is 1. The first-order valence-electron chi connectivity index (χ1n) is 5.72. The van der Waals surface area contributed by atoms with Crippen LogP contribution in [0.1, 0.15) is 24.8 Å². The van der Waals surface area contributed by atoms with Gasteiger partial charge in [0.2, 0.25) is 5.91 Å². The molecule has 1 aliphatic rings.